The molecule has 0 aliphatic heterocycles. The molecule has 4 bridgehead atoms. The van der Waals surface area contributed by atoms with Gasteiger partial charge in [-0.15, -0.1) is 10.2 Å². The molecule has 8 heteroatoms. The summed E-state index contributed by atoms with van der Waals surface area (Å²) >= 11 is 0. The molecule has 5 atom stereocenters. The second-order valence-electron chi connectivity index (χ2n) is 10.1. The highest BCUT2D eigenvalue weighted by atomic mass is 16.4. The van der Waals surface area contributed by atoms with Crippen molar-refractivity contribution in [3.8, 4) is 11.5 Å². The van der Waals surface area contributed by atoms with E-state index >= 15 is 0 Å². The van der Waals surface area contributed by atoms with Gasteiger partial charge in [0.15, 0.2) is 0 Å². The number of aliphatic hydroxyl groups is 2. The van der Waals surface area contributed by atoms with Gasteiger partial charge < -0.3 is 24.9 Å². The fourth-order valence-corrected chi connectivity index (χ4v) is 6.29. The maximum Gasteiger partial charge on any atom is 0.251 e. The van der Waals surface area contributed by atoms with Gasteiger partial charge >= 0.3 is 0 Å². The number of anilines is 1. The van der Waals surface area contributed by atoms with Crippen molar-refractivity contribution < 1.29 is 14.6 Å². The molecule has 8 nitrogen and oxygen atoms in total. The molecule has 3 heterocycles. The van der Waals surface area contributed by atoms with Crippen molar-refractivity contribution in [3.63, 3.8) is 0 Å². The van der Waals surface area contributed by atoms with Crippen LogP contribution >= 0.6 is 0 Å². The van der Waals surface area contributed by atoms with Crippen LogP contribution < -0.4 is 5.32 Å². The maximum atomic E-state index is 10.9. The molecule has 4 saturated carbocycles. The lowest BCUT2D eigenvalue weighted by Gasteiger charge is -2.58. The van der Waals surface area contributed by atoms with E-state index in [-0.39, 0.29) is 5.89 Å². The van der Waals surface area contributed by atoms with Gasteiger partial charge in [-0.2, -0.15) is 0 Å². The van der Waals surface area contributed by atoms with Crippen molar-refractivity contribution >= 4 is 16.7 Å². The summed E-state index contributed by atoms with van der Waals surface area (Å²) < 4.78 is 5.82. The van der Waals surface area contributed by atoms with Crippen LogP contribution in [-0.2, 0) is 5.60 Å². The van der Waals surface area contributed by atoms with E-state index in [4.69, 9.17) is 4.42 Å². The van der Waals surface area contributed by atoms with E-state index in [1.165, 1.54) is 12.8 Å². The summed E-state index contributed by atoms with van der Waals surface area (Å²) in [5.74, 6) is 2.10. The Morgan fingerprint density at radius 2 is 1.97 bits per heavy atom. The largest absolute Gasteiger partial charge is 0.417 e. The van der Waals surface area contributed by atoms with E-state index in [2.05, 4.69) is 25.5 Å². The zero-order chi connectivity index (χ0) is 20.7. The zero-order valence-electron chi connectivity index (χ0n) is 17.2. The Morgan fingerprint density at radius 3 is 2.63 bits per heavy atom. The number of rotatable bonds is 4. The molecular weight excluding hydrogens is 382 g/mol. The minimum atomic E-state index is -1.21. The van der Waals surface area contributed by atoms with E-state index in [1.807, 2.05) is 12.3 Å². The number of pyridine rings is 1. The lowest BCUT2D eigenvalue weighted by molar-refractivity contribution is -0.129. The number of aromatic nitrogens is 4. The summed E-state index contributed by atoms with van der Waals surface area (Å²) in [6.07, 6.45) is 8.69. The zero-order valence-corrected chi connectivity index (χ0v) is 17.2. The van der Waals surface area contributed by atoms with Crippen LogP contribution in [-0.4, -0.2) is 42.0 Å². The van der Waals surface area contributed by atoms with Gasteiger partial charge in [-0.05, 0) is 69.8 Å². The third-order valence-corrected chi connectivity index (χ3v) is 7.32. The van der Waals surface area contributed by atoms with Gasteiger partial charge in [0.05, 0.1) is 16.9 Å². The quantitative estimate of drug-likeness (QED) is 0.522. The Bertz CT molecular complexity index is 1100. The highest BCUT2D eigenvalue weighted by Crippen LogP contribution is 2.56. The standard InChI is InChI=1S/C22H27N5O3/c1-21(2,28)20-27-26-19(30-20)15-10-24-18-14(3-4-23-18)17(15)25-16-12-5-11-6-13(16)9-22(29,7-11)8-12/h3-4,10-13,16,28-29H,5-9H2,1-2H3,(H2,23,24,25)/t11?,12-,13+,16+,22-. The van der Waals surface area contributed by atoms with Crippen LogP contribution in [0.4, 0.5) is 5.69 Å². The smallest absolute Gasteiger partial charge is 0.251 e. The number of hydrogen-bond donors (Lipinski definition) is 4. The Labute approximate surface area is 174 Å². The summed E-state index contributed by atoms with van der Waals surface area (Å²) in [6, 6.07) is 2.31. The monoisotopic (exact) mass is 409 g/mol. The fourth-order valence-electron chi connectivity index (χ4n) is 6.29. The number of hydrogen-bond acceptors (Lipinski definition) is 7. The number of fused-ring (bicyclic) bond motifs is 1. The molecule has 4 aliphatic rings. The second kappa shape index (κ2) is 6.04. The highest BCUT2D eigenvalue weighted by molar-refractivity contribution is 5.97. The predicted octanol–water partition coefficient (Wildman–Crippen LogP) is 3.19. The SMILES string of the molecule is CC(C)(O)c1nnc(-c2cnc3[nH]ccc3c2N[C@H]2[C@@H]3CC4C[C@H]2C[C@@](O)(C4)C3)o1. The first-order chi connectivity index (χ1) is 14.3. The molecule has 0 radical (unpaired) electrons. The third kappa shape index (κ3) is 2.77. The van der Waals surface area contributed by atoms with Crippen LogP contribution in [0.15, 0.2) is 22.9 Å². The molecule has 0 aromatic carbocycles. The molecule has 4 aliphatic carbocycles. The number of H-pyrrole nitrogens is 1. The predicted molar refractivity (Wildman–Crippen MR) is 111 cm³/mol. The van der Waals surface area contributed by atoms with Crippen molar-refractivity contribution in [1.29, 1.82) is 0 Å². The van der Waals surface area contributed by atoms with E-state index < -0.39 is 11.2 Å². The minimum absolute atomic E-state index is 0.175. The Morgan fingerprint density at radius 1 is 1.20 bits per heavy atom. The topological polar surface area (TPSA) is 120 Å². The van der Waals surface area contributed by atoms with Crippen molar-refractivity contribution in [2.24, 2.45) is 17.8 Å². The molecule has 4 N–H and O–H groups in total. The lowest BCUT2D eigenvalue weighted by Crippen LogP contribution is -2.59. The first-order valence-electron chi connectivity index (χ1n) is 10.8. The summed E-state index contributed by atoms with van der Waals surface area (Å²) in [6.45, 7) is 3.24. The molecular formula is C22H27N5O3. The van der Waals surface area contributed by atoms with E-state index in [0.717, 1.165) is 41.5 Å². The van der Waals surface area contributed by atoms with E-state index in [0.29, 0.717) is 29.7 Å². The van der Waals surface area contributed by atoms with Gasteiger partial charge in [0, 0.05) is 23.8 Å². The fraction of sp³-hybridized carbons (Fsp3) is 0.591. The molecule has 3 aromatic heterocycles. The van der Waals surface area contributed by atoms with Crippen LogP contribution in [0.2, 0.25) is 0 Å². The molecule has 30 heavy (non-hydrogen) atoms. The van der Waals surface area contributed by atoms with Gasteiger partial charge in [0.1, 0.15) is 11.2 Å². The Balaban J connectivity index is 1.41. The van der Waals surface area contributed by atoms with Gasteiger partial charge in [-0.25, -0.2) is 4.98 Å². The van der Waals surface area contributed by atoms with Gasteiger partial charge in [0.2, 0.25) is 5.89 Å². The molecule has 0 amide bonds. The van der Waals surface area contributed by atoms with Gasteiger partial charge in [0.25, 0.3) is 5.89 Å². The average Bonchev–Trinajstić information content (AvgIpc) is 3.32. The second-order valence-corrected chi connectivity index (χ2v) is 10.1. The van der Waals surface area contributed by atoms with Crippen LogP contribution in [0.1, 0.15) is 51.8 Å². The van der Waals surface area contributed by atoms with Crippen molar-refractivity contribution in [2.45, 2.75) is 63.2 Å². The van der Waals surface area contributed by atoms with Crippen LogP contribution in [0, 0.1) is 17.8 Å². The van der Waals surface area contributed by atoms with Crippen molar-refractivity contribution in [3.05, 3.63) is 24.4 Å². The molecule has 3 aromatic rings. The highest BCUT2D eigenvalue weighted by Gasteiger charge is 2.54. The van der Waals surface area contributed by atoms with Gasteiger partial charge in [-0.3, -0.25) is 0 Å². The maximum absolute atomic E-state index is 10.9. The number of nitrogens with one attached hydrogen (secondary N) is 2. The molecule has 158 valence electrons. The first-order valence-corrected chi connectivity index (χ1v) is 10.8. The molecule has 7 rings (SSSR count). The van der Waals surface area contributed by atoms with Crippen LogP contribution in [0.3, 0.4) is 0 Å². The van der Waals surface area contributed by atoms with Gasteiger partial charge in [-0.1, -0.05) is 0 Å². The minimum Gasteiger partial charge on any atom is -0.417 e. The van der Waals surface area contributed by atoms with Crippen LogP contribution in [0.25, 0.3) is 22.5 Å². The Kier molecular flexibility index (Phi) is 3.69. The Hall–Kier alpha value is -2.45. The molecule has 1 unspecified atom stereocenters. The van der Waals surface area contributed by atoms with E-state index in [1.54, 1.807) is 20.0 Å². The van der Waals surface area contributed by atoms with Crippen molar-refractivity contribution in [2.75, 3.05) is 5.32 Å². The van der Waals surface area contributed by atoms with Crippen LogP contribution in [0.5, 0.6) is 0 Å². The summed E-state index contributed by atoms with van der Waals surface area (Å²) in [5, 5.41) is 34.2. The van der Waals surface area contributed by atoms with E-state index in [9.17, 15) is 10.2 Å². The third-order valence-electron chi connectivity index (χ3n) is 7.32. The normalized spacial score (nSPS) is 32.8. The lowest BCUT2D eigenvalue weighted by atomic mass is 9.52. The molecule has 4 fully saturated rings. The molecule has 0 spiro atoms. The molecule has 0 saturated heterocycles. The summed E-state index contributed by atoms with van der Waals surface area (Å²) in [7, 11) is 0. The average molecular weight is 409 g/mol. The summed E-state index contributed by atoms with van der Waals surface area (Å²) in [5.41, 5.74) is 0.786. The number of nitrogens with zero attached hydrogens (tertiary/aromatic N) is 3. The van der Waals surface area contributed by atoms with Crippen molar-refractivity contribution in [1.82, 2.24) is 20.2 Å². The summed E-state index contributed by atoms with van der Waals surface area (Å²) in [4.78, 5) is 7.70. The first kappa shape index (κ1) is 18.3. The number of aromatic amines is 1.